The Hall–Kier alpha value is -3.32. The molecule has 1 amide bonds. The number of methoxy groups -OCH3 is 1. The van der Waals surface area contributed by atoms with Crippen molar-refractivity contribution in [3.05, 3.63) is 65.4 Å². The third-order valence-corrected chi connectivity index (χ3v) is 5.76. The van der Waals surface area contributed by atoms with Crippen LogP contribution in [0, 0.1) is 0 Å². The van der Waals surface area contributed by atoms with E-state index in [1.807, 2.05) is 53.4 Å². The van der Waals surface area contributed by atoms with Crippen LogP contribution in [-0.4, -0.2) is 61.6 Å². The molecule has 168 valence electrons. The molecule has 0 aliphatic carbocycles. The van der Waals surface area contributed by atoms with Gasteiger partial charge in [0.1, 0.15) is 11.3 Å². The van der Waals surface area contributed by atoms with E-state index in [1.165, 1.54) is 0 Å². The Morgan fingerprint density at radius 2 is 1.81 bits per heavy atom. The quantitative estimate of drug-likeness (QED) is 0.528. The average molecular weight is 437 g/mol. The number of piperazine rings is 1. The molecule has 0 radical (unpaired) electrons. The predicted molar refractivity (Wildman–Crippen MR) is 121 cm³/mol. The Bertz CT molecular complexity index is 1100. The average Bonchev–Trinajstić information content (AvgIpc) is 3.18. The molecule has 2 heterocycles. The van der Waals surface area contributed by atoms with Crippen molar-refractivity contribution in [2.45, 2.75) is 19.9 Å². The Morgan fingerprint density at radius 3 is 2.56 bits per heavy atom. The van der Waals surface area contributed by atoms with E-state index in [0.717, 1.165) is 35.4 Å². The number of rotatable bonds is 7. The van der Waals surface area contributed by atoms with Gasteiger partial charge in [-0.05, 0) is 30.7 Å². The van der Waals surface area contributed by atoms with Gasteiger partial charge in [0, 0.05) is 43.7 Å². The highest BCUT2D eigenvalue weighted by atomic mass is 16.5. The molecule has 0 unspecified atom stereocenters. The molecule has 7 nitrogen and oxygen atoms in total. The van der Waals surface area contributed by atoms with Gasteiger partial charge in [-0.3, -0.25) is 9.69 Å². The molecule has 7 heteroatoms. The summed E-state index contributed by atoms with van der Waals surface area (Å²) in [7, 11) is 1.62. The number of carbonyl (C=O) groups excluding carboxylic acids is 2. The second kappa shape index (κ2) is 9.87. The fourth-order valence-electron chi connectivity index (χ4n) is 4.07. The normalized spacial score (nSPS) is 14.5. The fourth-order valence-corrected chi connectivity index (χ4v) is 4.07. The molecule has 0 N–H and O–H groups in total. The third-order valence-electron chi connectivity index (χ3n) is 5.76. The molecule has 1 aliphatic rings. The Labute approximate surface area is 187 Å². The number of esters is 1. The third kappa shape index (κ3) is 4.78. The summed E-state index contributed by atoms with van der Waals surface area (Å²) in [4.78, 5) is 29.4. The van der Waals surface area contributed by atoms with E-state index in [0.29, 0.717) is 38.2 Å². The zero-order valence-corrected chi connectivity index (χ0v) is 18.5. The Kier molecular flexibility index (Phi) is 6.75. The highest BCUT2D eigenvalue weighted by Crippen LogP contribution is 2.28. The van der Waals surface area contributed by atoms with Gasteiger partial charge in [0.25, 0.3) is 0 Å². The fraction of sp³-hybridized carbons (Fsp3) is 0.360. The van der Waals surface area contributed by atoms with Crippen molar-refractivity contribution >= 4 is 22.8 Å². The smallest absolute Gasteiger partial charge is 0.374 e. The lowest BCUT2D eigenvalue weighted by molar-refractivity contribution is -0.132. The molecule has 1 saturated heterocycles. The molecule has 0 saturated carbocycles. The minimum atomic E-state index is -0.439. The molecule has 1 aromatic heterocycles. The summed E-state index contributed by atoms with van der Waals surface area (Å²) >= 11 is 0. The van der Waals surface area contributed by atoms with E-state index in [1.54, 1.807) is 14.0 Å². The van der Waals surface area contributed by atoms with E-state index in [4.69, 9.17) is 13.9 Å². The summed E-state index contributed by atoms with van der Waals surface area (Å²) in [6, 6.07) is 15.3. The van der Waals surface area contributed by atoms with Crippen molar-refractivity contribution in [1.29, 1.82) is 0 Å². The van der Waals surface area contributed by atoms with Gasteiger partial charge in [0.15, 0.2) is 0 Å². The highest BCUT2D eigenvalue weighted by Gasteiger charge is 2.26. The SMILES string of the molecule is CCOC(=O)c1oc2ccccc2c1CN1CCN(C(=O)Cc2cccc(OC)c2)CC1. The molecule has 0 spiro atoms. The number of amides is 1. The van der Waals surface area contributed by atoms with Crippen LogP contribution in [0.2, 0.25) is 0 Å². The van der Waals surface area contributed by atoms with Gasteiger partial charge in [0.2, 0.25) is 11.7 Å². The van der Waals surface area contributed by atoms with Crippen LogP contribution >= 0.6 is 0 Å². The molecular formula is C25H28N2O5. The van der Waals surface area contributed by atoms with Crippen molar-refractivity contribution in [3.63, 3.8) is 0 Å². The summed E-state index contributed by atoms with van der Waals surface area (Å²) in [5, 5.41) is 0.923. The maximum atomic E-state index is 12.8. The van der Waals surface area contributed by atoms with E-state index in [-0.39, 0.29) is 11.7 Å². The van der Waals surface area contributed by atoms with Crippen LogP contribution in [0.25, 0.3) is 11.0 Å². The first-order valence-electron chi connectivity index (χ1n) is 10.9. The van der Waals surface area contributed by atoms with E-state index in [9.17, 15) is 9.59 Å². The monoisotopic (exact) mass is 436 g/mol. The Balaban J connectivity index is 1.41. The highest BCUT2D eigenvalue weighted by molar-refractivity contribution is 5.96. The lowest BCUT2D eigenvalue weighted by atomic mass is 10.1. The van der Waals surface area contributed by atoms with E-state index < -0.39 is 5.97 Å². The van der Waals surface area contributed by atoms with Gasteiger partial charge in [-0.25, -0.2) is 4.79 Å². The number of hydrogen-bond donors (Lipinski definition) is 0. The Morgan fingerprint density at radius 1 is 1.03 bits per heavy atom. The second-order valence-corrected chi connectivity index (χ2v) is 7.81. The zero-order chi connectivity index (χ0) is 22.5. The molecule has 1 aliphatic heterocycles. The number of benzene rings is 2. The van der Waals surface area contributed by atoms with Gasteiger partial charge < -0.3 is 18.8 Å². The summed E-state index contributed by atoms with van der Waals surface area (Å²) in [5.41, 5.74) is 2.47. The zero-order valence-electron chi connectivity index (χ0n) is 18.5. The lowest BCUT2D eigenvalue weighted by Gasteiger charge is -2.34. The number of hydrogen-bond acceptors (Lipinski definition) is 6. The number of furan rings is 1. The van der Waals surface area contributed by atoms with Gasteiger partial charge in [-0.1, -0.05) is 30.3 Å². The first-order chi connectivity index (χ1) is 15.6. The standard InChI is InChI=1S/C25H28N2O5/c1-3-31-25(29)24-21(20-9-4-5-10-22(20)32-24)17-26-11-13-27(14-12-26)23(28)16-18-7-6-8-19(15-18)30-2/h4-10,15H,3,11-14,16-17H2,1-2H3. The minimum absolute atomic E-state index is 0.110. The minimum Gasteiger partial charge on any atom is -0.497 e. The summed E-state index contributed by atoms with van der Waals surface area (Å²) in [6.07, 6.45) is 0.358. The molecule has 32 heavy (non-hydrogen) atoms. The van der Waals surface area contributed by atoms with Crippen molar-refractivity contribution in [1.82, 2.24) is 9.80 Å². The van der Waals surface area contributed by atoms with Crippen LogP contribution in [0.3, 0.4) is 0 Å². The molecule has 2 aromatic carbocycles. The molecule has 3 aromatic rings. The first kappa shape index (κ1) is 21.9. The number of nitrogens with zero attached hydrogens (tertiary/aromatic N) is 2. The largest absolute Gasteiger partial charge is 0.497 e. The van der Waals surface area contributed by atoms with Crippen LogP contribution in [-0.2, 0) is 22.5 Å². The van der Waals surface area contributed by atoms with Crippen molar-refractivity contribution in [2.24, 2.45) is 0 Å². The lowest BCUT2D eigenvalue weighted by Crippen LogP contribution is -2.48. The van der Waals surface area contributed by atoms with Gasteiger partial charge in [-0.15, -0.1) is 0 Å². The maximum absolute atomic E-state index is 12.8. The number of carbonyl (C=O) groups is 2. The van der Waals surface area contributed by atoms with Crippen LogP contribution in [0.4, 0.5) is 0 Å². The predicted octanol–water partition coefficient (Wildman–Crippen LogP) is 3.51. The van der Waals surface area contributed by atoms with E-state index in [2.05, 4.69) is 4.90 Å². The molecule has 1 fully saturated rings. The molecule has 4 rings (SSSR count). The maximum Gasteiger partial charge on any atom is 0.374 e. The summed E-state index contributed by atoms with van der Waals surface area (Å²) < 4.78 is 16.3. The number of fused-ring (bicyclic) bond motifs is 1. The van der Waals surface area contributed by atoms with Crippen molar-refractivity contribution in [2.75, 3.05) is 39.9 Å². The van der Waals surface area contributed by atoms with Crippen LogP contribution in [0.5, 0.6) is 5.75 Å². The van der Waals surface area contributed by atoms with Gasteiger partial charge >= 0.3 is 5.97 Å². The topological polar surface area (TPSA) is 72.2 Å². The molecular weight excluding hydrogens is 408 g/mol. The van der Waals surface area contributed by atoms with Crippen molar-refractivity contribution < 1.29 is 23.5 Å². The molecule has 0 atom stereocenters. The second-order valence-electron chi connectivity index (χ2n) is 7.81. The van der Waals surface area contributed by atoms with E-state index >= 15 is 0 Å². The van der Waals surface area contributed by atoms with Crippen LogP contribution < -0.4 is 4.74 Å². The van der Waals surface area contributed by atoms with Gasteiger partial charge in [-0.2, -0.15) is 0 Å². The summed E-state index contributed by atoms with van der Waals surface area (Å²) in [5.74, 6) is 0.694. The summed E-state index contributed by atoms with van der Waals surface area (Å²) in [6.45, 7) is 5.40. The van der Waals surface area contributed by atoms with Crippen molar-refractivity contribution in [3.8, 4) is 5.75 Å². The first-order valence-corrected chi connectivity index (χ1v) is 10.9. The number of ether oxygens (including phenoxy) is 2. The number of para-hydroxylation sites is 1. The van der Waals surface area contributed by atoms with Crippen LogP contribution in [0.1, 0.15) is 28.6 Å². The van der Waals surface area contributed by atoms with Gasteiger partial charge in [0.05, 0.1) is 20.1 Å². The van der Waals surface area contributed by atoms with Crippen LogP contribution in [0.15, 0.2) is 52.9 Å². The molecule has 0 bridgehead atoms.